The molecule has 0 saturated heterocycles. The summed E-state index contributed by atoms with van der Waals surface area (Å²) >= 11 is 0. The second kappa shape index (κ2) is 6.38. The van der Waals surface area contributed by atoms with Crippen molar-refractivity contribution in [3.8, 4) is 5.75 Å². The number of aliphatic hydroxyl groups is 1. The van der Waals surface area contributed by atoms with Crippen molar-refractivity contribution in [2.75, 3.05) is 24.6 Å². The van der Waals surface area contributed by atoms with Gasteiger partial charge in [0.15, 0.2) is 0 Å². The third-order valence-electron chi connectivity index (χ3n) is 2.54. The van der Waals surface area contributed by atoms with Crippen LogP contribution >= 0.6 is 0 Å². The summed E-state index contributed by atoms with van der Waals surface area (Å²) in [7, 11) is 0. The van der Waals surface area contributed by atoms with E-state index in [1.165, 1.54) is 0 Å². The zero-order valence-electron chi connectivity index (χ0n) is 10.1. The third-order valence-corrected chi connectivity index (χ3v) is 2.54. The van der Waals surface area contributed by atoms with Gasteiger partial charge >= 0.3 is 0 Å². The molecule has 0 saturated carbocycles. The smallest absolute Gasteiger partial charge is 0.117 e. The maximum Gasteiger partial charge on any atom is 0.117 e. The SMILES string of the molecule is CC(C)CCN(CCO)c1cccc(O)c1. The molecule has 0 spiro atoms. The second-order valence-electron chi connectivity index (χ2n) is 4.41. The molecule has 3 heteroatoms. The number of aliphatic hydroxyl groups excluding tert-OH is 1. The minimum atomic E-state index is 0.133. The van der Waals surface area contributed by atoms with Gasteiger partial charge in [-0.05, 0) is 24.5 Å². The summed E-state index contributed by atoms with van der Waals surface area (Å²) in [6.07, 6.45) is 1.08. The minimum absolute atomic E-state index is 0.133. The molecule has 1 aromatic rings. The van der Waals surface area contributed by atoms with Crippen molar-refractivity contribution in [1.29, 1.82) is 0 Å². The topological polar surface area (TPSA) is 43.7 Å². The number of hydrogen-bond donors (Lipinski definition) is 2. The van der Waals surface area contributed by atoms with E-state index in [4.69, 9.17) is 5.11 Å². The second-order valence-corrected chi connectivity index (χ2v) is 4.41. The largest absolute Gasteiger partial charge is 0.508 e. The summed E-state index contributed by atoms with van der Waals surface area (Å²) in [6.45, 7) is 6.00. The molecule has 16 heavy (non-hydrogen) atoms. The molecule has 1 aromatic carbocycles. The molecule has 0 radical (unpaired) electrons. The van der Waals surface area contributed by atoms with Gasteiger partial charge in [-0.2, -0.15) is 0 Å². The average molecular weight is 223 g/mol. The number of hydrogen-bond acceptors (Lipinski definition) is 3. The first kappa shape index (κ1) is 12.8. The summed E-state index contributed by atoms with van der Waals surface area (Å²) < 4.78 is 0. The number of phenols is 1. The summed E-state index contributed by atoms with van der Waals surface area (Å²) in [5.41, 5.74) is 0.967. The normalized spacial score (nSPS) is 10.8. The van der Waals surface area contributed by atoms with Gasteiger partial charge in [0, 0.05) is 24.8 Å². The van der Waals surface area contributed by atoms with Gasteiger partial charge in [0.2, 0.25) is 0 Å². The lowest BCUT2D eigenvalue weighted by Crippen LogP contribution is -2.28. The first-order chi connectivity index (χ1) is 7.63. The number of nitrogens with zero attached hydrogens (tertiary/aromatic N) is 1. The van der Waals surface area contributed by atoms with Crippen LogP contribution < -0.4 is 4.90 Å². The highest BCUT2D eigenvalue weighted by Gasteiger charge is 2.07. The van der Waals surface area contributed by atoms with Gasteiger partial charge in [0.05, 0.1) is 6.61 Å². The van der Waals surface area contributed by atoms with Gasteiger partial charge in [-0.3, -0.25) is 0 Å². The lowest BCUT2D eigenvalue weighted by Gasteiger charge is -2.24. The lowest BCUT2D eigenvalue weighted by atomic mass is 10.1. The predicted octanol–water partition coefficient (Wildman–Crippen LogP) is 2.24. The van der Waals surface area contributed by atoms with E-state index < -0.39 is 0 Å². The van der Waals surface area contributed by atoms with E-state index >= 15 is 0 Å². The molecule has 0 heterocycles. The van der Waals surface area contributed by atoms with Gasteiger partial charge < -0.3 is 15.1 Å². The van der Waals surface area contributed by atoms with Crippen molar-refractivity contribution in [2.24, 2.45) is 5.92 Å². The standard InChI is InChI=1S/C13H21NO2/c1-11(2)6-7-14(8-9-15)12-4-3-5-13(16)10-12/h3-5,10-11,15-16H,6-9H2,1-2H3. The van der Waals surface area contributed by atoms with Gasteiger partial charge in [0.1, 0.15) is 5.75 Å². The average Bonchev–Trinajstić information content (AvgIpc) is 2.24. The molecule has 0 amide bonds. The van der Waals surface area contributed by atoms with Crippen LogP contribution in [-0.4, -0.2) is 29.9 Å². The molecule has 0 atom stereocenters. The summed E-state index contributed by atoms with van der Waals surface area (Å²) in [5.74, 6) is 0.906. The summed E-state index contributed by atoms with van der Waals surface area (Å²) in [4.78, 5) is 2.10. The lowest BCUT2D eigenvalue weighted by molar-refractivity contribution is 0.301. The quantitative estimate of drug-likeness (QED) is 0.777. The fourth-order valence-electron chi connectivity index (χ4n) is 1.59. The maximum atomic E-state index is 9.42. The Balaban J connectivity index is 2.68. The molecule has 90 valence electrons. The van der Waals surface area contributed by atoms with Crippen LogP contribution in [0, 0.1) is 5.92 Å². The van der Waals surface area contributed by atoms with Crippen molar-refractivity contribution < 1.29 is 10.2 Å². The first-order valence-corrected chi connectivity index (χ1v) is 5.78. The van der Waals surface area contributed by atoms with E-state index in [0.29, 0.717) is 12.5 Å². The minimum Gasteiger partial charge on any atom is -0.508 e. The molecule has 0 aromatic heterocycles. The van der Waals surface area contributed by atoms with Crippen LogP contribution in [0.1, 0.15) is 20.3 Å². The van der Waals surface area contributed by atoms with Crippen LogP contribution in [0.3, 0.4) is 0 Å². The summed E-state index contributed by atoms with van der Waals surface area (Å²) in [6, 6.07) is 7.17. The molecule has 0 unspecified atom stereocenters. The highest BCUT2D eigenvalue weighted by molar-refractivity contribution is 5.50. The zero-order chi connectivity index (χ0) is 12.0. The predicted molar refractivity (Wildman–Crippen MR) is 66.9 cm³/mol. The first-order valence-electron chi connectivity index (χ1n) is 5.78. The van der Waals surface area contributed by atoms with Crippen molar-refractivity contribution in [1.82, 2.24) is 0 Å². The van der Waals surface area contributed by atoms with Crippen LogP contribution in [0.5, 0.6) is 5.75 Å². The van der Waals surface area contributed by atoms with Crippen molar-refractivity contribution in [2.45, 2.75) is 20.3 Å². The van der Waals surface area contributed by atoms with Crippen LogP contribution in [-0.2, 0) is 0 Å². The van der Waals surface area contributed by atoms with Gasteiger partial charge in [0.25, 0.3) is 0 Å². The van der Waals surface area contributed by atoms with Gasteiger partial charge in [-0.1, -0.05) is 19.9 Å². The van der Waals surface area contributed by atoms with Crippen LogP contribution in [0.25, 0.3) is 0 Å². The van der Waals surface area contributed by atoms with Crippen molar-refractivity contribution >= 4 is 5.69 Å². The molecule has 0 fully saturated rings. The third kappa shape index (κ3) is 4.11. The van der Waals surface area contributed by atoms with E-state index in [9.17, 15) is 5.11 Å². The molecule has 0 aliphatic carbocycles. The molecule has 1 rings (SSSR count). The zero-order valence-corrected chi connectivity index (χ0v) is 10.1. The van der Waals surface area contributed by atoms with E-state index in [0.717, 1.165) is 18.7 Å². The molecule has 3 nitrogen and oxygen atoms in total. The maximum absolute atomic E-state index is 9.42. The van der Waals surface area contributed by atoms with Gasteiger partial charge in [-0.15, -0.1) is 0 Å². The Bertz CT molecular complexity index is 313. The van der Waals surface area contributed by atoms with E-state index in [-0.39, 0.29) is 12.4 Å². The summed E-state index contributed by atoms with van der Waals surface area (Å²) in [5, 5.41) is 18.4. The fourth-order valence-corrected chi connectivity index (χ4v) is 1.59. The Morgan fingerprint density at radius 3 is 2.56 bits per heavy atom. The molecule has 0 aliphatic rings. The van der Waals surface area contributed by atoms with Crippen LogP contribution in [0.4, 0.5) is 5.69 Å². The number of benzene rings is 1. The number of aromatic hydroxyl groups is 1. The Kier molecular flexibility index (Phi) is 5.12. The number of phenolic OH excluding ortho intramolecular Hbond substituents is 1. The van der Waals surface area contributed by atoms with E-state index in [1.807, 2.05) is 12.1 Å². The van der Waals surface area contributed by atoms with Crippen molar-refractivity contribution in [3.05, 3.63) is 24.3 Å². The van der Waals surface area contributed by atoms with E-state index in [1.54, 1.807) is 12.1 Å². The highest BCUT2D eigenvalue weighted by Crippen LogP contribution is 2.20. The number of anilines is 1. The Hall–Kier alpha value is -1.22. The van der Waals surface area contributed by atoms with Crippen molar-refractivity contribution in [3.63, 3.8) is 0 Å². The highest BCUT2D eigenvalue weighted by atomic mass is 16.3. The fraction of sp³-hybridized carbons (Fsp3) is 0.538. The van der Waals surface area contributed by atoms with Crippen LogP contribution in [0.2, 0.25) is 0 Å². The molecular weight excluding hydrogens is 202 g/mol. The Morgan fingerprint density at radius 2 is 2.00 bits per heavy atom. The molecule has 0 bridgehead atoms. The molecule has 0 aliphatic heterocycles. The van der Waals surface area contributed by atoms with E-state index in [2.05, 4.69) is 18.7 Å². The van der Waals surface area contributed by atoms with Crippen LogP contribution in [0.15, 0.2) is 24.3 Å². The molecule has 2 N–H and O–H groups in total. The molecular formula is C13H21NO2. The monoisotopic (exact) mass is 223 g/mol. The van der Waals surface area contributed by atoms with Gasteiger partial charge in [-0.25, -0.2) is 0 Å². The number of rotatable bonds is 6. The Labute approximate surface area is 97.3 Å². The Morgan fingerprint density at radius 1 is 1.25 bits per heavy atom.